The van der Waals surface area contributed by atoms with Crippen LogP contribution < -0.4 is 15.3 Å². The molecule has 0 radical (unpaired) electrons. The van der Waals surface area contributed by atoms with Crippen molar-refractivity contribution in [3.8, 4) is 0 Å². The predicted molar refractivity (Wildman–Crippen MR) is 168 cm³/mol. The van der Waals surface area contributed by atoms with E-state index in [4.69, 9.17) is 14.2 Å². The molecule has 242 valence electrons. The summed E-state index contributed by atoms with van der Waals surface area (Å²) in [5.74, 6) is -2.50. The van der Waals surface area contributed by atoms with Crippen LogP contribution in [0, 0.1) is 23.7 Å². The second-order valence-electron chi connectivity index (χ2n) is 11.1. The van der Waals surface area contributed by atoms with Gasteiger partial charge in [0, 0.05) is 55.5 Å². The van der Waals surface area contributed by atoms with Crippen LogP contribution in [0.4, 0.5) is 0 Å². The van der Waals surface area contributed by atoms with Gasteiger partial charge in [0.2, 0.25) is 0 Å². The molecule has 3 aliphatic rings. The van der Waals surface area contributed by atoms with E-state index in [1.165, 1.54) is 10.9 Å². The summed E-state index contributed by atoms with van der Waals surface area (Å²) in [6, 6.07) is 0. The number of carboxylic acid groups (broad SMARTS) is 3. The summed E-state index contributed by atoms with van der Waals surface area (Å²) in [7, 11) is 0. The summed E-state index contributed by atoms with van der Waals surface area (Å²) in [4.78, 5) is 31.5. The fraction of sp³-hybridized carbons (Fsp3) is 0.897. The zero-order valence-corrected chi connectivity index (χ0v) is 30.6. The molecule has 42 heavy (non-hydrogen) atoms. The fourth-order valence-electron chi connectivity index (χ4n) is 4.47. The zero-order valence-electron chi connectivity index (χ0n) is 25.1. The standard InChI is InChI=1S/3C8H14O3S.C5H11.Sn/c3*9-8(10)6(5-12)4-7-2-1-3-11-7;1-4-5(2)3;/h3*6-7,12H,1-5H2,(H,9,10);5H,1,4H2,2-3H3;/q;;;;+3/p-3. The van der Waals surface area contributed by atoms with Crippen molar-refractivity contribution in [1.82, 2.24) is 0 Å². The van der Waals surface area contributed by atoms with Crippen molar-refractivity contribution in [1.29, 1.82) is 0 Å². The molecule has 6 atom stereocenters. The first kappa shape index (κ1) is 42.1. The molecule has 0 aliphatic carbocycles. The van der Waals surface area contributed by atoms with Crippen LogP contribution in [0.15, 0.2) is 0 Å². The molecule has 3 rings (SSSR count). The Balaban J connectivity index is 0.000000549. The third kappa shape index (κ3) is 21.0. The van der Waals surface area contributed by atoms with Gasteiger partial charge in [-0.1, -0.05) is 0 Å². The monoisotopic (exact) mass is 758 g/mol. The average molecular weight is 758 g/mol. The van der Waals surface area contributed by atoms with Crippen molar-refractivity contribution in [3.05, 3.63) is 0 Å². The number of carbonyl (C=O) groups excluding carboxylic acids is 3. The van der Waals surface area contributed by atoms with Crippen molar-refractivity contribution < 1.29 is 43.9 Å². The fourth-order valence-corrected chi connectivity index (χ4v) is 7.01. The minimum atomic E-state index is -1.01. The number of rotatable bonds is 14. The van der Waals surface area contributed by atoms with Gasteiger partial charge >= 0.3 is 53.1 Å². The quantitative estimate of drug-likeness (QED) is 0.176. The number of aliphatic carboxylic acids is 3. The molecular weight excluding hydrogens is 707 g/mol. The molecule has 3 heterocycles. The summed E-state index contributed by atoms with van der Waals surface area (Å²) in [6.45, 7) is 6.82. The summed E-state index contributed by atoms with van der Waals surface area (Å²) in [5.41, 5.74) is 0. The third-order valence-electron chi connectivity index (χ3n) is 7.10. The zero-order chi connectivity index (χ0) is 31.9. The topological polar surface area (TPSA) is 148 Å². The Kier molecular flexibility index (Phi) is 26.5. The molecule has 9 nitrogen and oxygen atoms in total. The van der Waals surface area contributed by atoms with Crippen molar-refractivity contribution in [3.63, 3.8) is 0 Å². The van der Waals surface area contributed by atoms with Gasteiger partial charge in [-0.15, -0.1) is 0 Å². The van der Waals surface area contributed by atoms with Gasteiger partial charge in [-0.25, -0.2) is 0 Å². The van der Waals surface area contributed by atoms with Gasteiger partial charge in [-0.05, 0) is 75.0 Å². The van der Waals surface area contributed by atoms with Gasteiger partial charge in [0.15, 0.2) is 0 Å². The van der Waals surface area contributed by atoms with E-state index in [1.54, 1.807) is 22.5 Å². The Morgan fingerprint density at radius 1 is 0.667 bits per heavy atom. The van der Waals surface area contributed by atoms with Gasteiger partial charge in [0.25, 0.3) is 0 Å². The summed E-state index contributed by atoms with van der Waals surface area (Å²) >= 11 is 13.5. The maximum absolute atomic E-state index is 10.5. The third-order valence-corrected chi connectivity index (χ3v) is 9.24. The van der Waals surface area contributed by atoms with E-state index in [2.05, 4.69) is 51.7 Å². The van der Waals surface area contributed by atoms with Crippen LogP contribution in [0.25, 0.3) is 0 Å². The van der Waals surface area contributed by atoms with Crippen LogP contribution in [0.5, 0.6) is 0 Å². The van der Waals surface area contributed by atoms with Crippen LogP contribution >= 0.6 is 37.9 Å². The van der Waals surface area contributed by atoms with Crippen molar-refractivity contribution in [2.24, 2.45) is 23.7 Å². The molecule has 0 spiro atoms. The Hall–Kier alpha value is 0.139. The molecule has 0 saturated carbocycles. The molecule has 6 unspecified atom stereocenters. The summed E-state index contributed by atoms with van der Waals surface area (Å²) in [5, 5.41) is 31.5. The van der Waals surface area contributed by atoms with E-state index in [9.17, 15) is 29.7 Å². The molecular formula is C29H50O9S3Sn. The van der Waals surface area contributed by atoms with Crippen molar-refractivity contribution >= 4 is 78.3 Å². The smallest absolute Gasteiger partial charge is 0.0582 e. The maximum atomic E-state index is 10.5. The number of ether oxygens (including phenoxy) is 3. The van der Waals surface area contributed by atoms with Crippen LogP contribution in [0.3, 0.4) is 0 Å². The molecule has 3 aliphatic heterocycles. The number of thiol groups is 3. The minimum Gasteiger partial charge on any atom is -0.550 e. The first-order valence-electron chi connectivity index (χ1n) is 14.9. The number of carbonyl (C=O) groups is 3. The Labute approximate surface area is 282 Å². The largest absolute Gasteiger partial charge is 0.550 e. The van der Waals surface area contributed by atoms with E-state index in [1.807, 2.05) is 0 Å². The predicted octanol–water partition coefficient (Wildman–Crippen LogP) is 1.17. The number of carboxylic acids is 3. The second-order valence-corrected chi connectivity index (χ2v) is 13.7. The molecule has 0 amide bonds. The van der Waals surface area contributed by atoms with E-state index < -0.39 is 35.7 Å². The van der Waals surface area contributed by atoms with Crippen LogP contribution in [-0.4, -0.2) is 95.8 Å². The number of hydrogen-bond donors (Lipinski definition) is 3. The number of hydrogen-bond acceptors (Lipinski definition) is 12. The Morgan fingerprint density at radius 3 is 1.07 bits per heavy atom. The van der Waals surface area contributed by atoms with E-state index in [0.717, 1.165) is 64.3 Å². The van der Waals surface area contributed by atoms with E-state index >= 15 is 0 Å². The molecule has 0 aromatic rings. The molecule has 3 saturated heterocycles. The molecule has 3 fully saturated rings. The van der Waals surface area contributed by atoms with Crippen LogP contribution in [0.2, 0.25) is 4.44 Å². The van der Waals surface area contributed by atoms with Gasteiger partial charge in [0.05, 0.1) is 18.3 Å². The van der Waals surface area contributed by atoms with Gasteiger partial charge < -0.3 is 43.9 Å². The summed E-state index contributed by atoms with van der Waals surface area (Å²) in [6.07, 6.45) is 9.42. The van der Waals surface area contributed by atoms with Crippen molar-refractivity contribution in [2.45, 2.75) is 101 Å². The second kappa shape index (κ2) is 26.4. The van der Waals surface area contributed by atoms with E-state index in [-0.39, 0.29) is 18.3 Å². The van der Waals surface area contributed by atoms with E-state index in [0.29, 0.717) is 36.5 Å². The molecule has 0 bridgehead atoms. The first-order valence-corrected chi connectivity index (χ1v) is 18.8. The van der Waals surface area contributed by atoms with Gasteiger partial charge in [-0.2, -0.15) is 37.9 Å². The Bertz CT molecular complexity index is 629. The van der Waals surface area contributed by atoms with Gasteiger partial charge in [-0.3, -0.25) is 0 Å². The normalized spacial score (nSPS) is 23.4. The van der Waals surface area contributed by atoms with Crippen molar-refractivity contribution in [2.75, 3.05) is 37.1 Å². The van der Waals surface area contributed by atoms with Gasteiger partial charge in [0.1, 0.15) is 0 Å². The molecule has 0 aromatic carbocycles. The maximum Gasteiger partial charge on any atom is 0.0582 e. The first-order chi connectivity index (χ1) is 20.0. The minimum absolute atomic E-state index is 0.111. The SMILES string of the molecule is CC(C)C[CH2][Sn+3].O=C([O-])C(CS)CC1CCCO1.O=C([O-])C(CS)CC1CCCO1.O=C([O-])C(CS)CC1CCCO1. The Morgan fingerprint density at radius 2 is 0.952 bits per heavy atom. The molecule has 0 aromatic heterocycles. The molecule has 0 N–H and O–H groups in total. The van der Waals surface area contributed by atoms with Crippen LogP contribution in [-0.2, 0) is 28.6 Å². The average Bonchev–Trinajstić information content (AvgIpc) is 3.74. The molecule has 13 heteroatoms. The van der Waals surface area contributed by atoms with Crippen LogP contribution in [0.1, 0.15) is 78.1 Å². The summed E-state index contributed by atoms with van der Waals surface area (Å²) < 4.78 is 17.4.